The topological polar surface area (TPSA) is 61.4 Å². The fourth-order valence-electron chi connectivity index (χ4n) is 2.83. The molecule has 1 aliphatic rings. The van der Waals surface area contributed by atoms with Crippen molar-refractivity contribution in [2.24, 2.45) is 0 Å². The minimum atomic E-state index is -0.243. The first kappa shape index (κ1) is 15.0. The normalized spacial score (nSPS) is 18.7. The van der Waals surface area contributed by atoms with Crippen LogP contribution in [0.25, 0.3) is 0 Å². The summed E-state index contributed by atoms with van der Waals surface area (Å²) in [6.07, 6.45) is 4.14. The van der Waals surface area contributed by atoms with Crippen LogP contribution < -0.4 is 10.6 Å². The summed E-state index contributed by atoms with van der Waals surface area (Å²) in [5, 5.41) is 15.7. The Balaban J connectivity index is 1.81. The molecule has 0 aromatic heterocycles. The van der Waals surface area contributed by atoms with Crippen molar-refractivity contribution in [3.63, 3.8) is 0 Å². The zero-order valence-corrected chi connectivity index (χ0v) is 12.1. The van der Waals surface area contributed by atoms with Crippen molar-refractivity contribution in [3.8, 4) is 0 Å². The maximum atomic E-state index is 12.0. The van der Waals surface area contributed by atoms with E-state index >= 15 is 0 Å². The molecule has 0 saturated heterocycles. The van der Waals surface area contributed by atoms with E-state index in [-0.39, 0.29) is 30.6 Å². The van der Waals surface area contributed by atoms with E-state index in [1.54, 1.807) is 0 Å². The molecule has 1 aromatic rings. The number of carbonyl (C=O) groups is 1. The molecule has 1 saturated carbocycles. The van der Waals surface area contributed by atoms with Crippen molar-refractivity contribution in [2.75, 3.05) is 13.2 Å². The number of aliphatic hydroxyl groups excluding tert-OH is 1. The molecule has 1 amide bonds. The van der Waals surface area contributed by atoms with Gasteiger partial charge in [0.1, 0.15) is 0 Å². The van der Waals surface area contributed by atoms with Gasteiger partial charge < -0.3 is 15.7 Å². The molecule has 0 heterocycles. The molecular formula is C16H24N2O2. The van der Waals surface area contributed by atoms with Crippen LogP contribution in [0.15, 0.2) is 30.3 Å². The molecule has 3 N–H and O–H groups in total. The van der Waals surface area contributed by atoms with E-state index in [0.29, 0.717) is 0 Å². The van der Waals surface area contributed by atoms with Crippen LogP contribution in [0.5, 0.6) is 0 Å². The minimum absolute atomic E-state index is 0.000783. The summed E-state index contributed by atoms with van der Waals surface area (Å²) in [6, 6.07) is 9.91. The Morgan fingerprint density at radius 2 is 1.95 bits per heavy atom. The van der Waals surface area contributed by atoms with E-state index in [1.807, 2.05) is 37.3 Å². The first-order valence-electron chi connectivity index (χ1n) is 7.35. The SMILES string of the molecule is CC(NC(=O)CNC1(CO)CCCC1)c1ccccc1. The van der Waals surface area contributed by atoms with Gasteiger partial charge in [0.2, 0.25) is 5.91 Å². The number of nitrogens with one attached hydrogen (secondary N) is 2. The van der Waals surface area contributed by atoms with Gasteiger partial charge in [0, 0.05) is 5.54 Å². The second-order valence-electron chi connectivity index (χ2n) is 5.70. The highest BCUT2D eigenvalue weighted by Crippen LogP contribution is 2.28. The van der Waals surface area contributed by atoms with Gasteiger partial charge in [0.25, 0.3) is 0 Å². The Bertz CT molecular complexity index is 427. The average molecular weight is 276 g/mol. The Morgan fingerprint density at radius 3 is 2.55 bits per heavy atom. The first-order chi connectivity index (χ1) is 9.65. The van der Waals surface area contributed by atoms with Crippen molar-refractivity contribution in [2.45, 2.75) is 44.2 Å². The number of amides is 1. The van der Waals surface area contributed by atoms with E-state index in [2.05, 4.69) is 10.6 Å². The van der Waals surface area contributed by atoms with Crippen LogP contribution in [0.1, 0.15) is 44.2 Å². The fraction of sp³-hybridized carbons (Fsp3) is 0.562. The van der Waals surface area contributed by atoms with Gasteiger partial charge in [0.05, 0.1) is 19.2 Å². The quantitative estimate of drug-likeness (QED) is 0.742. The number of aliphatic hydroxyl groups is 1. The van der Waals surface area contributed by atoms with Crippen molar-refractivity contribution < 1.29 is 9.90 Å². The standard InChI is InChI=1S/C16H24N2O2/c1-13(14-7-3-2-4-8-14)18-15(20)11-17-16(12-19)9-5-6-10-16/h2-4,7-8,13,17,19H,5-6,9-12H2,1H3,(H,18,20). The molecule has 0 aliphatic heterocycles. The van der Waals surface area contributed by atoms with E-state index in [4.69, 9.17) is 0 Å². The average Bonchev–Trinajstić information content (AvgIpc) is 2.95. The van der Waals surface area contributed by atoms with E-state index < -0.39 is 0 Å². The molecule has 110 valence electrons. The number of carbonyl (C=O) groups excluding carboxylic acids is 1. The molecule has 0 spiro atoms. The molecular weight excluding hydrogens is 252 g/mol. The zero-order valence-electron chi connectivity index (χ0n) is 12.1. The molecule has 1 fully saturated rings. The highest BCUT2D eigenvalue weighted by molar-refractivity contribution is 5.78. The summed E-state index contributed by atoms with van der Waals surface area (Å²) in [6.45, 7) is 2.34. The lowest BCUT2D eigenvalue weighted by molar-refractivity contribution is -0.121. The van der Waals surface area contributed by atoms with Gasteiger partial charge in [-0.15, -0.1) is 0 Å². The maximum absolute atomic E-state index is 12.0. The van der Waals surface area contributed by atoms with E-state index in [9.17, 15) is 9.90 Å². The van der Waals surface area contributed by atoms with Gasteiger partial charge in [-0.2, -0.15) is 0 Å². The Kier molecular flexibility index (Phi) is 5.15. The summed E-state index contributed by atoms with van der Waals surface area (Å²) in [4.78, 5) is 12.0. The molecule has 1 aliphatic carbocycles. The molecule has 4 nitrogen and oxygen atoms in total. The van der Waals surface area contributed by atoms with Gasteiger partial charge in [-0.3, -0.25) is 4.79 Å². The molecule has 20 heavy (non-hydrogen) atoms. The molecule has 1 unspecified atom stereocenters. The zero-order chi connectivity index (χ0) is 14.4. The number of hydrogen-bond donors (Lipinski definition) is 3. The van der Waals surface area contributed by atoms with Gasteiger partial charge in [-0.1, -0.05) is 43.2 Å². The third kappa shape index (κ3) is 3.81. The second-order valence-corrected chi connectivity index (χ2v) is 5.70. The van der Waals surface area contributed by atoms with Crippen LogP contribution >= 0.6 is 0 Å². The van der Waals surface area contributed by atoms with E-state index in [0.717, 1.165) is 31.2 Å². The van der Waals surface area contributed by atoms with Crippen molar-refractivity contribution in [1.82, 2.24) is 10.6 Å². The lowest BCUT2D eigenvalue weighted by Crippen LogP contribution is -2.50. The molecule has 4 heteroatoms. The molecule has 0 bridgehead atoms. The predicted octanol–water partition coefficient (Wildman–Crippen LogP) is 1.76. The van der Waals surface area contributed by atoms with Gasteiger partial charge in [-0.05, 0) is 25.3 Å². The van der Waals surface area contributed by atoms with Gasteiger partial charge in [0.15, 0.2) is 0 Å². The first-order valence-corrected chi connectivity index (χ1v) is 7.35. The van der Waals surface area contributed by atoms with Crippen molar-refractivity contribution >= 4 is 5.91 Å². The number of benzene rings is 1. The third-order valence-corrected chi connectivity index (χ3v) is 4.16. The molecule has 0 radical (unpaired) electrons. The van der Waals surface area contributed by atoms with Gasteiger partial charge >= 0.3 is 0 Å². The number of rotatable bonds is 6. The van der Waals surface area contributed by atoms with Crippen molar-refractivity contribution in [3.05, 3.63) is 35.9 Å². The van der Waals surface area contributed by atoms with Crippen molar-refractivity contribution in [1.29, 1.82) is 0 Å². The Morgan fingerprint density at radius 1 is 1.30 bits per heavy atom. The van der Waals surface area contributed by atoms with Crippen LogP contribution in [-0.4, -0.2) is 29.7 Å². The van der Waals surface area contributed by atoms with Gasteiger partial charge in [-0.25, -0.2) is 0 Å². The smallest absolute Gasteiger partial charge is 0.234 e. The largest absolute Gasteiger partial charge is 0.394 e. The summed E-state index contributed by atoms with van der Waals surface area (Å²) >= 11 is 0. The minimum Gasteiger partial charge on any atom is -0.394 e. The molecule has 1 atom stereocenters. The lowest BCUT2D eigenvalue weighted by Gasteiger charge is -2.28. The second kappa shape index (κ2) is 6.86. The van der Waals surface area contributed by atoms with Crippen LogP contribution in [0.2, 0.25) is 0 Å². The van der Waals surface area contributed by atoms with Crippen LogP contribution in [-0.2, 0) is 4.79 Å². The summed E-state index contributed by atoms with van der Waals surface area (Å²) in [7, 11) is 0. The monoisotopic (exact) mass is 276 g/mol. The Labute approximate surface area is 120 Å². The maximum Gasteiger partial charge on any atom is 0.234 e. The third-order valence-electron chi connectivity index (χ3n) is 4.16. The Hall–Kier alpha value is -1.39. The molecule has 2 rings (SSSR count). The summed E-state index contributed by atoms with van der Waals surface area (Å²) in [5.74, 6) is -0.0268. The predicted molar refractivity (Wildman–Crippen MR) is 79.3 cm³/mol. The van der Waals surface area contributed by atoms with Crippen LogP contribution in [0, 0.1) is 0 Å². The van der Waals surface area contributed by atoms with E-state index in [1.165, 1.54) is 0 Å². The summed E-state index contributed by atoms with van der Waals surface area (Å²) in [5.41, 5.74) is 0.853. The lowest BCUT2D eigenvalue weighted by atomic mass is 9.99. The van der Waals surface area contributed by atoms with Crippen LogP contribution in [0.4, 0.5) is 0 Å². The molecule has 1 aromatic carbocycles. The highest BCUT2D eigenvalue weighted by Gasteiger charge is 2.32. The van der Waals surface area contributed by atoms with Crippen LogP contribution in [0.3, 0.4) is 0 Å². The fourth-order valence-corrected chi connectivity index (χ4v) is 2.83. The number of hydrogen-bond acceptors (Lipinski definition) is 3. The highest BCUT2D eigenvalue weighted by atomic mass is 16.3. The summed E-state index contributed by atoms with van der Waals surface area (Å²) < 4.78 is 0.